The average Bonchev–Trinajstić information content (AvgIpc) is 2.51. The van der Waals surface area contributed by atoms with Crippen LogP contribution in [0.25, 0.3) is 5.57 Å². The molecule has 1 aliphatic carbocycles. The molecule has 0 aromatic carbocycles. The van der Waals surface area contributed by atoms with Crippen molar-refractivity contribution in [1.29, 1.82) is 0 Å². The molecule has 1 unspecified atom stereocenters. The Labute approximate surface area is 86.7 Å². The van der Waals surface area contributed by atoms with Gasteiger partial charge in [0.25, 0.3) is 0 Å². The van der Waals surface area contributed by atoms with Crippen LogP contribution in [0.15, 0.2) is 17.5 Å². The summed E-state index contributed by atoms with van der Waals surface area (Å²) in [7, 11) is 0. The van der Waals surface area contributed by atoms with Gasteiger partial charge in [-0.1, -0.05) is 17.7 Å². The Kier molecular flexibility index (Phi) is 2.72. The molecule has 0 saturated heterocycles. The van der Waals surface area contributed by atoms with E-state index in [1.165, 1.54) is 5.57 Å². The Hall–Kier alpha value is -0.310. The summed E-state index contributed by atoms with van der Waals surface area (Å²) in [5.41, 5.74) is 1.21. The van der Waals surface area contributed by atoms with Crippen molar-refractivity contribution < 1.29 is 5.11 Å². The Morgan fingerprint density at radius 2 is 2.38 bits per heavy atom. The summed E-state index contributed by atoms with van der Waals surface area (Å²) in [6.07, 6.45) is 4.63. The molecule has 0 spiro atoms. The zero-order chi connectivity index (χ0) is 9.26. The van der Waals surface area contributed by atoms with Gasteiger partial charge in [-0.15, -0.1) is 11.3 Å². The number of halogens is 1. The van der Waals surface area contributed by atoms with E-state index in [1.807, 2.05) is 17.5 Å². The predicted molar refractivity (Wildman–Crippen MR) is 57.2 cm³/mol. The van der Waals surface area contributed by atoms with Gasteiger partial charge in [-0.2, -0.15) is 0 Å². The molecule has 1 heterocycles. The summed E-state index contributed by atoms with van der Waals surface area (Å²) in [5.74, 6) is 0. The van der Waals surface area contributed by atoms with Crippen molar-refractivity contribution in [2.75, 3.05) is 0 Å². The lowest BCUT2D eigenvalue weighted by molar-refractivity contribution is 0.206. The maximum Gasteiger partial charge on any atom is 0.0727 e. The summed E-state index contributed by atoms with van der Waals surface area (Å²) in [4.78, 5) is 1.13. The van der Waals surface area contributed by atoms with Gasteiger partial charge in [0, 0.05) is 4.88 Å². The van der Waals surface area contributed by atoms with E-state index >= 15 is 0 Å². The first kappa shape index (κ1) is 9.25. The van der Waals surface area contributed by atoms with E-state index < -0.39 is 0 Å². The van der Waals surface area contributed by atoms with Gasteiger partial charge in [-0.25, -0.2) is 0 Å². The molecular formula is C10H11ClOS. The third kappa shape index (κ3) is 1.96. The monoisotopic (exact) mass is 214 g/mol. The van der Waals surface area contributed by atoms with Crippen molar-refractivity contribution >= 4 is 28.5 Å². The van der Waals surface area contributed by atoms with Gasteiger partial charge >= 0.3 is 0 Å². The summed E-state index contributed by atoms with van der Waals surface area (Å²) < 4.78 is 0. The van der Waals surface area contributed by atoms with E-state index in [9.17, 15) is 5.11 Å². The Morgan fingerprint density at radius 1 is 1.54 bits per heavy atom. The minimum absolute atomic E-state index is 0.276. The van der Waals surface area contributed by atoms with E-state index in [4.69, 9.17) is 11.6 Å². The van der Waals surface area contributed by atoms with E-state index in [1.54, 1.807) is 11.3 Å². The van der Waals surface area contributed by atoms with Gasteiger partial charge in [0.15, 0.2) is 0 Å². The fourth-order valence-corrected chi connectivity index (χ4v) is 2.85. The van der Waals surface area contributed by atoms with Gasteiger partial charge in [-0.3, -0.25) is 0 Å². The van der Waals surface area contributed by atoms with Gasteiger partial charge in [-0.05, 0) is 36.3 Å². The summed E-state index contributed by atoms with van der Waals surface area (Å²) >= 11 is 7.66. The van der Waals surface area contributed by atoms with Crippen molar-refractivity contribution in [3.63, 3.8) is 0 Å². The molecule has 1 nitrogen and oxygen atoms in total. The topological polar surface area (TPSA) is 20.2 Å². The average molecular weight is 215 g/mol. The zero-order valence-electron chi connectivity index (χ0n) is 7.16. The SMILES string of the molecule is OC1C=C(c2sccc2Cl)CCC1. The van der Waals surface area contributed by atoms with Crippen LogP contribution in [0, 0.1) is 0 Å². The maximum absolute atomic E-state index is 9.45. The number of aliphatic hydroxyl groups excluding tert-OH is 1. The Balaban J connectivity index is 2.30. The first-order valence-electron chi connectivity index (χ1n) is 4.39. The van der Waals surface area contributed by atoms with Crippen molar-refractivity contribution in [3.8, 4) is 0 Å². The summed E-state index contributed by atoms with van der Waals surface area (Å²) in [6.45, 7) is 0. The highest BCUT2D eigenvalue weighted by atomic mass is 35.5. The molecule has 3 heteroatoms. The number of rotatable bonds is 1. The Bertz CT molecular complexity index is 329. The van der Waals surface area contributed by atoms with E-state index in [0.29, 0.717) is 0 Å². The second kappa shape index (κ2) is 3.82. The van der Waals surface area contributed by atoms with Crippen molar-refractivity contribution in [3.05, 3.63) is 27.4 Å². The normalized spacial score (nSPS) is 22.9. The number of thiophene rings is 1. The van der Waals surface area contributed by atoms with Crippen molar-refractivity contribution in [2.24, 2.45) is 0 Å². The van der Waals surface area contributed by atoms with Gasteiger partial charge in [0.05, 0.1) is 11.1 Å². The first-order chi connectivity index (χ1) is 6.27. The molecule has 70 valence electrons. The molecule has 2 rings (SSSR count). The predicted octanol–water partition coefficient (Wildman–Crippen LogP) is 3.33. The number of allylic oxidation sites excluding steroid dienone is 1. The molecular weight excluding hydrogens is 204 g/mol. The molecule has 0 fully saturated rings. The highest BCUT2D eigenvalue weighted by Gasteiger charge is 2.14. The number of aliphatic hydroxyl groups is 1. The lowest BCUT2D eigenvalue weighted by Gasteiger charge is -2.16. The minimum atomic E-state index is -0.276. The third-order valence-corrected chi connectivity index (χ3v) is 3.67. The Morgan fingerprint density at radius 3 is 3.00 bits per heavy atom. The second-order valence-electron chi connectivity index (χ2n) is 3.25. The van der Waals surface area contributed by atoms with Crippen LogP contribution in [0.4, 0.5) is 0 Å². The highest BCUT2D eigenvalue weighted by Crippen LogP contribution is 2.35. The van der Waals surface area contributed by atoms with Gasteiger partial charge in [0.1, 0.15) is 0 Å². The quantitative estimate of drug-likeness (QED) is 0.761. The molecule has 1 atom stereocenters. The molecule has 1 aliphatic rings. The van der Waals surface area contributed by atoms with Crippen LogP contribution in [0.2, 0.25) is 5.02 Å². The van der Waals surface area contributed by atoms with Crippen LogP contribution in [-0.2, 0) is 0 Å². The van der Waals surface area contributed by atoms with Crippen LogP contribution in [0.3, 0.4) is 0 Å². The molecule has 1 aromatic rings. The molecule has 0 bridgehead atoms. The van der Waals surface area contributed by atoms with Crippen LogP contribution < -0.4 is 0 Å². The van der Waals surface area contributed by atoms with Crippen LogP contribution in [0.5, 0.6) is 0 Å². The molecule has 1 aromatic heterocycles. The second-order valence-corrected chi connectivity index (χ2v) is 4.57. The zero-order valence-corrected chi connectivity index (χ0v) is 8.74. The molecule has 0 radical (unpaired) electrons. The number of hydrogen-bond donors (Lipinski definition) is 1. The fraction of sp³-hybridized carbons (Fsp3) is 0.400. The van der Waals surface area contributed by atoms with E-state index in [0.717, 1.165) is 29.2 Å². The summed E-state index contributed by atoms with van der Waals surface area (Å²) in [6, 6.07) is 1.91. The molecule has 1 N–H and O–H groups in total. The van der Waals surface area contributed by atoms with Crippen LogP contribution in [0.1, 0.15) is 24.1 Å². The van der Waals surface area contributed by atoms with Crippen LogP contribution >= 0.6 is 22.9 Å². The minimum Gasteiger partial charge on any atom is -0.389 e. The van der Waals surface area contributed by atoms with Gasteiger partial charge in [0.2, 0.25) is 0 Å². The third-order valence-electron chi connectivity index (χ3n) is 2.25. The van der Waals surface area contributed by atoms with Crippen molar-refractivity contribution in [2.45, 2.75) is 25.4 Å². The van der Waals surface area contributed by atoms with Crippen LogP contribution in [-0.4, -0.2) is 11.2 Å². The van der Waals surface area contributed by atoms with E-state index in [-0.39, 0.29) is 6.10 Å². The lowest BCUT2D eigenvalue weighted by Crippen LogP contribution is -2.07. The summed E-state index contributed by atoms with van der Waals surface area (Å²) in [5, 5.41) is 12.3. The molecule has 0 saturated carbocycles. The van der Waals surface area contributed by atoms with Crippen molar-refractivity contribution in [1.82, 2.24) is 0 Å². The van der Waals surface area contributed by atoms with Gasteiger partial charge < -0.3 is 5.11 Å². The lowest BCUT2D eigenvalue weighted by atomic mass is 9.96. The number of hydrogen-bond acceptors (Lipinski definition) is 2. The fourth-order valence-electron chi connectivity index (χ4n) is 1.61. The highest BCUT2D eigenvalue weighted by molar-refractivity contribution is 7.11. The maximum atomic E-state index is 9.45. The largest absolute Gasteiger partial charge is 0.389 e. The smallest absolute Gasteiger partial charge is 0.0727 e. The molecule has 0 aliphatic heterocycles. The first-order valence-corrected chi connectivity index (χ1v) is 5.65. The molecule has 0 amide bonds. The molecule has 13 heavy (non-hydrogen) atoms. The van der Waals surface area contributed by atoms with E-state index in [2.05, 4.69) is 0 Å². The standard InChI is InChI=1S/C10H11ClOS/c11-9-4-5-13-10(9)7-2-1-3-8(12)6-7/h4-6,8,12H,1-3H2.